The van der Waals surface area contributed by atoms with E-state index >= 15 is 0 Å². The van der Waals surface area contributed by atoms with Gasteiger partial charge in [-0.2, -0.15) is 0 Å². The molecule has 0 radical (unpaired) electrons. The van der Waals surface area contributed by atoms with E-state index in [4.69, 9.17) is 0 Å². The molecule has 2 nitrogen and oxygen atoms in total. The summed E-state index contributed by atoms with van der Waals surface area (Å²) < 4.78 is 0. The molecule has 2 heteroatoms. The highest BCUT2D eigenvalue weighted by molar-refractivity contribution is 4.90. The number of nitrogens with zero attached hydrogens (tertiary/aromatic N) is 1. The molecular weight excluding hydrogens is 208 g/mol. The van der Waals surface area contributed by atoms with E-state index < -0.39 is 0 Å². The molecule has 2 atom stereocenters. The zero-order valence-electron chi connectivity index (χ0n) is 11.8. The molecule has 2 unspecified atom stereocenters. The summed E-state index contributed by atoms with van der Waals surface area (Å²) in [6.07, 6.45) is 9.99. The topological polar surface area (TPSA) is 15.3 Å². The average Bonchev–Trinajstić information content (AvgIpc) is 3.15. The molecule has 0 spiro atoms. The largest absolute Gasteiger partial charge is 0.313 e. The van der Waals surface area contributed by atoms with Gasteiger partial charge in [0.2, 0.25) is 0 Å². The molecule has 2 rings (SSSR count). The molecule has 1 heterocycles. The van der Waals surface area contributed by atoms with Crippen LogP contribution in [0.1, 0.15) is 58.8 Å². The van der Waals surface area contributed by atoms with Crippen molar-refractivity contribution in [2.24, 2.45) is 5.92 Å². The van der Waals surface area contributed by atoms with E-state index in [-0.39, 0.29) is 0 Å². The van der Waals surface area contributed by atoms with Gasteiger partial charge >= 0.3 is 0 Å². The van der Waals surface area contributed by atoms with Gasteiger partial charge in [0.25, 0.3) is 0 Å². The van der Waals surface area contributed by atoms with Crippen LogP contribution in [0.5, 0.6) is 0 Å². The van der Waals surface area contributed by atoms with E-state index in [0.717, 1.165) is 24.5 Å². The maximum atomic E-state index is 3.71. The minimum atomic E-state index is 0.775. The molecular formula is C15H30N2. The molecule has 1 aliphatic heterocycles. The number of piperidine rings is 1. The van der Waals surface area contributed by atoms with Crippen LogP contribution in [-0.2, 0) is 0 Å². The van der Waals surface area contributed by atoms with Crippen molar-refractivity contribution in [3.8, 4) is 0 Å². The van der Waals surface area contributed by atoms with Crippen LogP contribution in [0.4, 0.5) is 0 Å². The Bertz CT molecular complexity index is 211. The third-order valence-corrected chi connectivity index (χ3v) is 4.46. The van der Waals surface area contributed by atoms with Gasteiger partial charge in [-0.25, -0.2) is 0 Å². The SMILES string of the molecule is CCCC1CCCCN1CC(NCC)C1CC1. The third kappa shape index (κ3) is 3.96. The fourth-order valence-electron chi connectivity index (χ4n) is 3.35. The first-order valence-electron chi connectivity index (χ1n) is 7.82. The first-order chi connectivity index (χ1) is 8.35. The van der Waals surface area contributed by atoms with Crippen molar-refractivity contribution in [3.05, 3.63) is 0 Å². The summed E-state index contributed by atoms with van der Waals surface area (Å²) in [7, 11) is 0. The molecule has 0 aromatic carbocycles. The smallest absolute Gasteiger partial charge is 0.0223 e. The van der Waals surface area contributed by atoms with Gasteiger partial charge in [-0.15, -0.1) is 0 Å². The van der Waals surface area contributed by atoms with E-state index in [1.54, 1.807) is 0 Å². The van der Waals surface area contributed by atoms with Crippen molar-refractivity contribution >= 4 is 0 Å². The van der Waals surface area contributed by atoms with Crippen LogP contribution in [0.2, 0.25) is 0 Å². The van der Waals surface area contributed by atoms with Crippen molar-refractivity contribution in [2.75, 3.05) is 19.6 Å². The lowest BCUT2D eigenvalue weighted by molar-refractivity contribution is 0.121. The van der Waals surface area contributed by atoms with E-state index in [1.807, 2.05) is 0 Å². The van der Waals surface area contributed by atoms with Gasteiger partial charge < -0.3 is 5.32 Å². The normalized spacial score (nSPS) is 28.2. The maximum Gasteiger partial charge on any atom is 0.0223 e. The van der Waals surface area contributed by atoms with Crippen LogP contribution in [0.3, 0.4) is 0 Å². The highest BCUT2D eigenvalue weighted by Gasteiger charge is 2.33. The van der Waals surface area contributed by atoms with Crippen molar-refractivity contribution in [3.63, 3.8) is 0 Å². The Balaban J connectivity index is 1.84. The van der Waals surface area contributed by atoms with Gasteiger partial charge in [0.15, 0.2) is 0 Å². The highest BCUT2D eigenvalue weighted by Crippen LogP contribution is 2.34. The van der Waals surface area contributed by atoms with Crippen LogP contribution >= 0.6 is 0 Å². The number of likely N-dealkylation sites (N-methyl/N-ethyl adjacent to an activating group) is 1. The number of hydrogen-bond donors (Lipinski definition) is 1. The van der Waals surface area contributed by atoms with Crippen LogP contribution in [0.15, 0.2) is 0 Å². The molecule has 0 aromatic rings. The predicted molar refractivity (Wildman–Crippen MR) is 74.3 cm³/mol. The lowest BCUT2D eigenvalue weighted by Gasteiger charge is -2.38. The molecule has 100 valence electrons. The van der Waals surface area contributed by atoms with Crippen molar-refractivity contribution < 1.29 is 0 Å². The molecule has 0 bridgehead atoms. The molecule has 1 aliphatic carbocycles. The van der Waals surface area contributed by atoms with Gasteiger partial charge in [-0.05, 0) is 51.1 Å². The second kappa shape index (κ2) is 6.75. The molecule has 0 aromatic heterocycles. The maximum absolute atomic E-state index is 3.71. The minimum Gasteiger partial charge on any atom is -0.313 e. The quantitative estimate of drug-likeness (QED) is 0.733. The summed E-state index contributed by atoms with van der Waals surface area (Å²) >= 11 is 0. The highest BCUT2D eigenvalue weighted by atomic mass is 15.2. The van der Waals surface area contributed by atoms with Gasteiger partial charge in [0, 0.05) is 18.6 Å². The van der Waals surface area contributed by atoms with Crippen LogP contribution < -0.4 is 5.32 Å². The molecule has 2 fully saturated rings. The third-order valence-electron chi connectivity index (χ3n) is 4.46. The average molecular weight is 238 g/mol. The molecule has 1 saturated heterocycles. The Kier molecular flexibility index (Phi) is 5.30. The molecule has 0 amide bonds. The van der Waals surface area contributed by atoms with E-state index in [0.29, 0.717) is 0 Å². The lowest BCUT2D eigenvalue weighted by atomic mass is 9.97. The fourth-order valence-corrected chi connectivity index (χ4v) is 3.35. The summed E-state index contributed by atoms with van der Waals surface area (Å²) in [6, 6.07) is 1.66. The summed E-state index contributed by atoms with van der Waals surface area (Å²) in [5, 5.41) is 3.71. The zero-order valence-corrected chi connectivity index (χ0v) is 11.8. The fraction of sp³-hybridized carbons (Fsp3) is 1.00. The Morgan fingerprint density at radius 1 is 1.18 bits per heavy atom. The van der Waals surface area contributed by atoms with Crippen LogP contribution in [0, 0.1) is 5.92 Å². The molecule has 2 aliphatic rings. The second-order valence-electron chi connectivity index (χ2n) is 5.93. The van der Waals surface area contributed by atoms with Gasteiger partial charge in [0.05, 0.1) is 0 Å². The van der Waals surface area contributed by atoms with Gasteiger partial charge in [-0.3, -0.25) is 4.90 Å². The predicted octanol–water partition coefficient (Wildman–Crippen LogP) is 3.03. The summed E-state index contributed by atoms with van der Waals surface area (Å²) in [6.45, 7) is 8.36. The summed E-state index contributed by atoms with van der Waals surface area (Å²) in [4.78, 5) is 2.79. The molecule has 17 heavy (non-hydrogen) atoms. The Hall–Kier alpha value is -0.0800. The standard InChI is InChI=1S/C15H30N2/c1-3-7-14-8-5-6-11-17(14)12-15(16-4-2)13-9-10-13/h13-16H,3-12H2,1-2H3. The van der Waals surface area contributed by atoms with Crippen LogP contribution in [-0.4, -0.2) is 36.6 Å². The second-order valence-corrected chi connectivity index (χ2v) is 5.93. The first kappa shape index (κ1) is 13.4. The van der Waals surface area contributed by atoms with Gasteiger partial charge in [0.1, 0.15) is 0 Å². The number of hydrogen-bond acceptors (Lipinski definition) is 2. The lowest BCUT2D eigenvalue weighted by Crippen LogP contribution is -2.48. The first-order valence-corrected chi connectivity index (χ1v) is 7.82. The number of nitrogens with one attached hydrogen (secondary N) is 1. The number of likely N-dealkylation sites (tertiary alicyclic amines) is 1. The van der Waals surface area contributed by atoms with Crippen LogP contribution in [0.25, 0.3) is 0 Å². The molecule has 1 N–H and O–H groups in total. The van der Waals surface area contributed by atoms with Gasteiger partial charge in [-0.1, -0.05) is 26.7 Å². The molecule has 1 saturated carbocycles. The van der Waals surface area contributed by atoms with Crippen molar-refractivity contribution in [1.82, 2.24) is 10.2 Å². The Morgan fingerprint density at radius 3 is 2.65 bits per heavy atom. The van der Waals surface area contributed by atoms with E-state index in [9.17, 15) is 0 Å². The number of rotatable bonds is 7. The summed E-state index contributed by atoms with van der Waals surface area (Å²) in [5.41, 5.74) is 0. The monoisotopic (exact) mass is 238 g/mol. The summed E-state index contributed by atoms with van der Waals surface area (Å²) in [5.74, 6) is 0.985. The van der Waals surface area contributed by atoms with Crippen molar-refractivity contribution in [1.29, 1.82) is 0 Å². The van der Waals surface area contributed by atoms with E-state index in [1.165, 1.54) is 58.0 Å². The zero-order chi connectivity index (χ0) is 12.1. The van der Waals surface area contributed by atoms with E-state index in [2.05, 4.69) is 24.1 Å². The van der Waals surface area contributed by atoms with Crippen molar-refractivity contribution in [2.45, 2.75) is 70.9 Å². The Labute approximate surface area is 107 Å². The Morgan fingerprint density at radius 2 is 2.00 bits per heavy atom. The minimum absolute atomic E-state index is 0.775.